The van der Waals surface area contributed by atoms with Crippen LogP contribution < -0.4 is 10.6 Å². The molecule has 4 aromatic rings. The van der Waals surface area contributed by atoms with Crippen molar-refractivity contribution in [1.82, 2.24) is 10.6 Å². The fourth-order valence-corrected chi connectivity index (χ4v) is 6.23. The van der Waals surface area contributed by atoms with E-state index in [-0.39, 0.29) is 23.3 Å². The summed E-state index contributed by atoms with van der Waals surface area (Å²) in [7, 11) is 1.54. The molecule has 0 spiro atoms. The molecule has 2 bridgehead atoms. The molecule has 3 saturated carbocycles. The highest BCUT2D eigenvalue weighted by atomic mass is 19.1. The number of benzene rings is 3. The first kappa shape index (κ1) is 25.3. The Bertz CT molecular complexity index is 1590. The highest BCUT2D eigenvalue weighted by Crippen LogP contribution is 2.48. The Labute approximate surface area is 225 Å². The van der Waals surface area contributed by atoms with E-state index in [4.69, 9.17) is 4.42 Å². The number of rotatable bonds is 7. The summed E-state index contributed by atoms with van der Waals surface area (Å²) >= 11 is 0. The highest BCUT2D eigenvalue weighted by Gasteiger charge is 2.44. The number of hydrogen-bond acceptors (Lipinski definition) is 3. The molecule has 200 valence electrons. The minimum Gasteiger partial charge on any atom is -0.455 e. The summed E-state index contributed by atoms with van der Waals surface area (Å²) in [6.45, 7) is 2.06. The lowest BCUT2D eigenvalue weighted by atomic mass is 9.84. The van der Waals surface area contributed by atoms with Gasteiger partial charge in [-0.1, -0.05) is 19.4 Å². The molecule has 1 heterocycles. The van der Waals surface area contributed by atoms with Crippen LogP contribution in [0, 0.1) is 23.5 Å². The number of hydrogen-bond donors (Lipinski definition) is 2. The van der Waals surface area contributed by atoms with Gasteiger partial charge in [-0.3, -0.25) is 9.59 Å². The van der Waals surface area contributed by atoms with Gasteiger partial charge in [0.05, 0.1) is 11.1 Å². The quantitative estimate of drug-likeness (QED) is 0.275. The second-order valence-electron chi connectivity index (χ2n) is 10.8. The number of aryl methyl sites for hydroxylation is 1. The van der Waals surface area contributed by atoms with Gasteiger partial charge >= 0.3 is 0 Å². The zero-order chi connectivity index (χ0) is 27.3. The van der Waals surface area contributed by atoms with Gasteiger partial charge in [-0.2, -0.15) is 0 Å². The van der Waals surface area contributed by atoms with E-state index in [1.165, 1.54) is 18.2 Å². The Kier molecular flexibility index (Phi) is 6.45. The van der Waals surface area contributed by atoms with Gasteiger partial charge in [0.15, 0.2) is 0 Å². The number of amides is 2. The summed E-state index contributed by atoms with van der Waals surface area (Å²) in [4.78, 5) is 26.2. The molecule has 3 aliphatic rings. The van der Waals surface area contributed by atoms with E-state index in [2.05, 4.69) is 17.6 Å². The lowest BCUT2D eigenvalue weighted by Gasteiger charge is -2.24. The van der Waals surface area contributed by atoms with Gasteiger partial charge in [-0.15, -0.1) is 0 Å². The SMILES string of the molecule is CCCc1cc2oc(-c3ccc(F)cc3)c(C(=O)NC)c2cc1-c1ccc(F)c(C(=O)NC2CC3CC2C3)c1. The average molecular weight is 529 g/mol. The van der Waals surface area contributed by atoms with Crippen molar-refractivity contribution in [2.75, 3.05) is 7.05 Å². The molecule has 7 rings (SSSR count). The minimum absolute atomic E-state index is 0.0184. The average Bonchev–Trinajstić information content (AvgIpc) is 3.60. The molecule has 2 N–H and O–H groups in total. The van der Waals surface area contributed by atoms with E-state index < -0.39 is 11.7 Å². The summed E-state index contributed by atoms with van der Waals surface area (Å²) in [5, 5.41) is 6.32. The van der Waals surface area contributed by atoms with Crippen molar-refractivity contribution in [3.63, 3.8) is 0 Å². The fraction of sp³-hybridized carbons (Fsp3) is 0.312. The van der Waals surface area contributed by atoms with E-state index >= 15 is 0 Å². The lowest BCUT2D eigenvalue weighted by molar-refractivity contribution is 0.0923. The number of carbonyl (C=O) groups is 2. The number of carbonyl (C=O) groups excluding carboxylic acids is 2. The monoisotopic (exact) mass is 528 g/mol. The van der Waals surface area contributed by atoms with E-state index in [1.54, 1.807) is 31.3 Å². The van der Waals surface area contributed by atoms with Gasteiger partial charge in [0.25, 0.3) is 11.8 Å². The highest BCUT2D eigenvalue weighted by molar-refractivity contribution is 6.12. The first-order valence-electron chi connectivity index (χ1n) is 13.5. The van der Waals surface area contributed by atoms with Crippen molar-refractivity contribution in [3.05, 3.63) is 82.9 Å². The second kappa shape index (κ2) is 9.95. The van der Waals surface area contributed by atoms with Crippen molar-refractivity contribution in [2.24, 2.45) is 11.8 Å². The Hall–Kier alpha value is -4.00. The Morgan fingerprint density at radius 3 is 2.36 bits per heavy atom. The zero-order valence-corrected chi connectivity index (χ0v) is 21.9. The lowest BCUT2D eigenvalue weighted by Crippen LogP contribution is -2.36. The first-order chi connectivity index (χ1) is 18.9. The van der Waals surface area contributed by atoms with E-state index in [0.29, 0.717) is 45.3 Å². The van der Waals surface area contributed by atoms with Crippen LogP contribution in [0.25, 0.3) is 33.4 Å². The normalized spacial score (nSPS) is 19.6. The number of fused-ring (bicyclic) bond motifs is 2. The third-order valence-electron chi connectivity index (χ3n) is 8.26. The number of furan rings is 1. The van der Waals surface area contributed by atoms with Gasteiger partial charge in [0.2, 0.25) is 0 Å². The molecule has 1 unspecified atom stereocenters. The van der Waals surface area contributed by atoms with Crippen molar-refractivity contribution in [1.29, 1.82) is 0 Å². The molecule has 0 saturated heterocycles. The van der Waals surface area contributed by atoms with Gasteiger partial charge in [0, 0.05) is 24.0 Å². The molecule has 3 fully saturated rings. The topological polar surface area (TPSA) is 71.3 Å². The number of halogens is 2. The van der Waals surface area contributed by atoms with Gasteiger partial charge < -0.3 is 15.1 Å². The predicted molar refractivity (Wildman–Crippen MR) is 146 cm³/mol. The van der Waals surface area contributed by atoms with Gasteiger partial charge in [-0.05, 0) is 103 Å². The molecular weight excluding hydrogens is 498 g/mol. The smallest absolute Gasteiger partial charge is 0.255 e. The molecule has 2 amide bonds. The van der Waals surface area contributed by atoms with Crippen LogP contribution in [0.4, 0.5) is 8.78 Å². The van der Waals surface area contributed by atoms with Crippen LogP contribution in [0.5, 0.6) is 0 Å². The van der Waals surface area contributed by atoms with Crippen LogP contribution >= 0.6 is 0 Å². The molecule has 0 radical (unpaired) electrons. The first-order valence-corrected chi connectivity index (χ1v) is 13.5. The van der Waals surface area contributed by atoms with Crippen molar-refractivity contribution in [3.8, 4) is 22.5 Å². The van der Waals surface area contributed by atoms with Crippen LogP contribution in [-0.4, -0.2) is 24.9 Å². The molecule has 5 nitrogen and oxygen atoms in total. The molecule has 0 aliphatic heterocycles. The molecule has 3 aliphatic carbocycles. The van der Waals surface area contributed by atoms with E-state index in [1.807, 2.05) is 12.1 Å². The van der Waals surface area contributed by atoms with Crippen LogP contribution in [0.2, 0.25) is 0 Å². The van der Waals surface area contributed by atoms with Crippen molar-refractivity contribution >= 4 is 22.8 Å². The van der Waals surface area contributed by atoms with Crippen LogP contribution in [0.3, 0.4) is 0 Å². The fourth-order valence-electron chi connectivity index (χ4n) is 6.23. The van der Waals surface area contributed by atoms with Crippen LogP contribution in [0.1, 0.15) is 58.9 Å². The summed E-state index contributed by atoms with van der Waals surface area (Å²) in [6.07, 6.45) is 4.83. The van der Waals surface area contributed by atoms with E-state index in [9.17, 15) is 18.4 Å². The maximum atomic E-state index is 14.9. The standard InChI is InChI=1S/C32H30F2N2O3/c1-3-4-19-15-28-25(29(32(38)35-2)30(39-28)18-5-8-22(33)9-6-18)16-23(19)20-7-10-26(34)24(14-20)31(37)36-27-13-17-11-21(27)12-17/h5-10,14-17,21,27H,3-4,11-13H2,1-2H3,(H,35,38)(H,36,37). The molecule has 1 aromatic heterocycles. The molecule has 1 atom stereocenters. The third kappa shape index (κ3) is 4.50. The minimum atomic E-state index is -0.562. The zero-order valence-electron chi connectivity index (χ0n) is 21.9. The Morgan fingerprint density at radius 1 is 0.949 bits per heavy atom. The predicted octanol–water partition coefficient (Wildman–Crippen LogP) is 6.89. The largest absolute Gasteiger partial charge is 0.455 e. The summed E-state index contributed by atoms with van der Waals surface area (Å²) in [5.74, 6) is -0.141. The number of nitrogens with one attached hydrogen (secondary N) is 2. The van der Waals surface area contributed by atoms with Crippen LogP contribution in [0.15, 0.2) is 59.0 Å². The summed E-state index contributed by atoms with van der Waals surface area (Å²) < 4.78 is 34.7. The van der Waals surface area contributed by atoms with Crippen LogP contribution in [-0.2, 0) is 6.42 Å². The summed E-state index contributed by atoms with van der Waals surface area (Å²) in [6, 6.07) is 14.3. The second-order valence-corrected chi connectivity index (χ2v) is 10.8. The molecule has 7 heteroatoms. The van der Waals surface area contributed by atoms with Crippen molar-refractivity contribution in [2.45, 2.75) is 45.1 Å². The molecule has 39 heavy (non-hydrogen) atoms. The van der Waals surface area contributed by atoms with Gasteiger partial charge in [0.1, 0.15) is 23.0 Å². The maximum absolute atomic E-state index is 14.9. The Balaban J connectivity index is 1.46. The molecular formula is C32H30F2N2O3. The van der Waals surface area contributed by atoms with Gasteiger partial charge in [-0.25, -0.2) is 8.78 Å². The summed E-state index contributed by atoms with van der Waals surface area (Å²) in [5.41, 5.74) is 3.92. The van der Waals surface area contributed by atoms with E-state index in [0.717, 1.165) is 43.2 Å². The van der Waals surface area contributed by atoms with Crippen molar-refractivity contribution < 1.29 is 22.8 Å². The maximum Gasteiger partial charge on any atom is 0.255 e. The molecule has 3 aromatic carbocycles. The Morgan fingerprint density at radius 2 is 1.69 bits per heavy atom. The third-order valence-corrected chi connectivity index (χ3v) is 8.26.